The number of nitrogens with one attached hydrogen (secondary N) is 1. The highest BCUT2D eigenvalue weighted by Gasteiger charge is 2.22. The van der Waals surface area contributed by atoms with Gasteiger partial charge in [0.2, 0.25) is 5.88 Å². The highest BCUT2D eigenvalue weighted by Crippen LogP contribution is 2.25. The normalized spacial score (nSPS) is 11.7. The lowest BCUT2D eigenvalue weighted by Gasteiger charge is -2.17. The van der Waals surface area contributed by atoms with Crippen LogP contribution in [0.5, 0.6) is 5.88 Å². The molecule has 34 heavy (non-hydrogen) atoms. The lowest BCUT2D eigenvalue weighted by atomic mass is 9.99. The molecule has 172 valence electrons. The molecule has 7 nitrogen and oxygen atoms in total. The number of carbonyl (C=O) groups is 2. The molecule has 0 aliphatic heterocycles. The molecule has 4 rings (SSSR count). The Kier molecular flexibility index (Phi) is 6.35. The lowest BCUT2D eigenvalue weighted by molar-refractivity contribution is -0.137. The van der Waals surface area contributed by atoms with Crippen LogP contribution in [0.25, 0.3) is 16.8 Å². The summed E-state index contributed by atoms with van der Waals surface area (Å²) in [5.74, 6) is -3.15. The molecule has 0 aliphatic carbocycles. The number of aromatic nitrogens is 2. The molecule has 0 saturated heterocycles. The lowest BCUT2D eigenvalue weighted by Crippen LogP contribution is -2.30. The van der Waals surface area contributed by atoms with Gasteiger partial charge in [0.15, 0.2) is 5.69 Å². The number of hydrogen-bond acceptors (Lipinski definition) is 4. The van der Waals surface area contributed by atoms with Crippen molar-refractivity contribution in [2.75, 3.05) is 0 Å². The monoisotopic (exact) mass is 463 g/mol. The molecular formula is C25H19F2N3O4. The molecule has 1 amide bonds. The highest BCUT2D eigenvalue weighted by molar-refractivity contribution is 5.93. The number of carbonyl (C=O) groups excluding carboxylic acids is 1. The predicted molar refractivity (Wildman–Crippen MR) is 119 cm³/mol. The average Bonchev–Trinajstić information content (AvgIpc) is 3.20. The number of nitrogens with zero attached hydrogens (tertiary/aromatic N) is 2. The van der Waals surface area contributed by atoms with E-state index in [2.05, 4.69) is 10.4 Å². The zero-order valence-corrected chi connectivity index (χ0v) is 17.7. The van der Waals surface area contributed by atoms with Crippen molar-refractivity contribution in [2.45, 2.75) is 12.5 Å². The summed E-state index contributed by atoms with van der Waals surface area (Å²) >= 11 is 0. The van der Waals surface area contributed by atoms with E-state index in [-0.39, 0.29) is 23.1 Å². The largest absolute Gasteiger partial charge is 0.493 e. The fraction of sp³-hybridized carbons (Fsp3) is 0.0800. The van der Waals surface area contributed by atoms with Crippen molar-refractivity contribution in [3.63, 3.8) is 0 Å². The van der Waals surface area contributed by atoms with Gasteiger partial charge in [-0.1, -0.05) is 42.5 Å². The van der Waals surface area contributed by atoms with Crippen LogP contribution >= 0.6 is 0 Å². The van der Waals surface area contributed by atoms with Gasteiger partial charge in [0.05, 0.1) is 18.2 Å². The maximum Gasteiger partial charge on any atom is 0.305 e. The first-order chi connectivity index (χ1) is 16.3. The second-order valence-electron chi connectivity index (χ2n) is 7.54. The van der Waals surface area contributed by atoms with Crippen molar-refractivity contribution < 1.29 is 28.6 Å². The molecule has 0 aliphatic rings. The molecule has 0 fully saturated rings. The fourth-order valence-corrected chi connectivity index (χ4v) is 3.52. The summed E-state index contributed by atoms with van der Waals surface area (Å²) in [6.45, 7) is 0. The first-order valence-corrected chi connectivity index (χ1v) is 10.2. The van der Waals surface area contributed by atoms with Gasteiger partial charge in [-0.25, -0.2) is 13.5 Å². The van der Waals surface area contributed by atoms with Crippen molar-refractivity contribution in [1.29, 1.82) is 0 Å². The summed E-state index contributed by atoms with van der Waals surface area (Å²) in [5.41, 5.74) is 1.94. The minimum atomic E-state index is -1.13. The standard InChI is InChI=1S/C25H19F2N3O4/c26-18-4-1-3-17(11-18)15-7-9-16(10-8-15)21(14-24(32)33)28-25(34)22-13-23(31)30(29-22)20-6-2-5-19(27)12-20/h1-13,21,31H,14H2,(H,28,34)(H,32,33). The Labute approximate surface area is 192 Å². The number of carboxylic acids is 1. The van der Waals surface area contributed by atoms with Gasteiger partial charge in [-0.05, 0) is 47.0 Å². The van der Waals surface area contributed by atoms with Crippen LogP contribution < -0.4 is 5.32 Å². The van der Waals surface area contributed by atoms with E-state index >= 15 is 0 Å². The van der Waals surface area contributed by atoms with E-state index in [0.717, 1.165) is 22.4 Å². The van der Waals surface area contributed by atoms with Crippen LogP contribution in [0.2, 0.25) is 0 Å². The number of aromatic hydroxyl groups is 1. The summed E-state index contributed by atoms with van der Waals surface area (Å²) in [6, 6.07) is 18.3. The van der Waals surface area contributed by atoms with Crippen LogP contribution in [-0.4, -0.2) is 31.9 Å². The van der Waals surface area contributed by atoms with E-state index < -0.39 is 30.2 Å². The number of rotatable bonds is 7. The predicted octanol–water partition coefficient (Wildman–Crippen LogP) is 4.47. The van der Waals surface area contributed by atoms with Gasteiger partial charge in [-0.2, -0.15) is 5.10 Å². The minimum absolute atomic E-state index is 0.173. The number of benzene rings is 3. The molecule has 1 unspecified atom stereocenters. The molecule has 4 aromatic rings. The summed E-state index contributed by atoms with van der Waals surface area (Å²) in [7, 11) is 0. The third-order valence-electron chi connectivity index (χ3n) is 5.13. The Morgan fingerprint density at radius 1 is 0.912 bits per heavy atom. The topological polar surface area (TPSA) is 104 Å². The van der Waals surface area contributed by atoms with Gasteiger partial charge < -0.3 is 15.5 Å². The molecule has 1 aromatic heterocycles. The van der Waals surface area contributed by atoms with Gasteiger partial charge in [0, 0.05) is 6.07 Å². The van der Waals surface area contributed by atoms with Gasteiger partial charge in [0.25, 0.3) is 5.91 Å². The second kappa shape index (κ2) is 9.53. The summed E-state index contributed by atoms with van der Waals surface area (Å²) in [6.07, 6.45) is -0.401. The SMILES string of the molecule is O=C(O)CC(NC(=O)c1cc(O)n(-c2cccc(F)c2)n1)c1ccc(-c2cccc(F)c2)cc1. The van der Waals surface area contributed by atoms with Crippen LogP contribution in [0.15, 0.2) is 78.9 Å². The fourth-order valence-electron chi connectivity index (χ4n) is 3.52. The summed E-state index contributed by atoms with van der Waals surface area (Å²) < 4.78 is 28.0. The van der Waals surface area contributed by atoms with Gasteiger partial charge in [-0.3, -0.25) is 9.59 Å². The molecular weight excluding hydrogens is 444 g/mol. The third kappa shape index (κ3) is 5.09. The molecule has 1 atom stereocenters. The molecule has 9 heteroatoms. The maximum atomic E-state index is 13.5. The Morgan fingerprint density at radius 2 is 1.59 bits per heavy atom. The molecule has 0 saturated carbocycles. The maximum absolute atomic E-state index is 13.5. The van der Waals surface area contributed by atoms with Gasteiger partial charge >= 0.3 is 5.97 Å². The van der Waals surface area contributed by atoms with Crippen LogP contribution in [-0.2, 0) is 4.79 Å². The van der Waals surface area contributed by atoms with Crippen molar-refractivity contribution in [3.8, 4) is 22.7 Å². The Balaban J connectivity index is 1.56. The zero-order chi connectivity index (χ0) is 24.2. The summed E-state index contributed by atoms with van der Waals surface area (Å²) in [4.78, 5) is 24.2. The quantitative estimate of drug-likeness (QED) is 0.375. The van der Waals surface area contributed by atoms with Crippen molar-refractivity contribution in [2.24, 2.45) is 0 Å². The smallest absolute Gasteiger partial charge is 0.305 e. The van der Waals surface area contributed by atoms with Crippen molar-refractivity contribution in [1.82, 2.24) is 15.1 Å². The van der Waals surface area contributed by atoms with E-state index in [1.807, 2.05) is 0 Å². The third-order valence-corrected chi connectivity index (χ3v) is 5.13. The number of aliphatic carboxylic acids is 1. The molecule has 0 radical (unpaired) electrons. The van der Waals surface area contributed by atoms with Crippen molar-refractivity contribution >= 4 is 11.9 Å². The zero-order valence-electron chi connectivity index (χ0n) is 17.7. The van der Waals surface area contributed by atoms with E-state index in [4.69, 9.17) is 0 Å². The number of hydrogen-bond donors (Lipinski definition) is 3. The van der Waals surface area contributed by atoms with Crippen LogP contribution in [0, 0.1) is 11.6 Å². The van der Waals surface area contributed by atoms with Gasteiger partial charge in [0.1, 0.15) is 11.6 Å². The second-order valence-corrected chi connectivity index (χ2v) is 7.54. The van der Waals surface area contributed by atoms with Crippen LogP contribution in [0.3, 0.4) is 0 Å². The number of halogens is 2. The first kappa shape index (κ1) is 22.7. The Morgan fingerprint density at radius 3 is 2.24 bits per heavy atom. The van der Waals surface area contributed by atoms with Crippen molar-refractivity contribution in [3.05, 3.63) is 102 Å². The average molecular weight is 463 g/mol. The Hall–Kier alpha value is -4.53. The molecule has 3 aromatic carbocycles. The van der Waals surface area contributed by atoms with E-state index in [1.165, 1.54) is 30.3 Å². The summed E-state index contributed by atoms with van der Waals surface area (Å²) in [5, 5.41) is 26.1. The minimum Gasteiger partial charge on any atom is -0.493 e. The Bertz CT molecular complexity index is 1350. The molecule has 3 N–H and O–H groups in total. The molecule has 0 spiro atoms. The highest BCUT2D eigenvalue weighted by atomic mass is 19.1. The van der Waals surface area contributed by atoms with E-state index in [1.54, 1.807) is 36.4 Å². The molecule has 0 bridgehead atoms. The van der Waals surface area contributed by atoms with Crippen LogP contribution in [0.1, 0.15) is 28.5 Å². The molecule has 1 heterocycles. The van der Waals surface area contributed by atoms with Crippen LogP contribution in [0.4, 0.5) is 8.78 Å². The van der Waals surface area contributed by atoms with Gasteiger partial charge in [-0.15, -0.1) is 0 Å². The number of carboxylic acid groups (broad SMARTS) is 1. The first-order valence-electron chi connectivity index (χ1n) is 10.2. The van der Waals surface area contributed by atoms with E-state index in [9.17, 15) is 28.6 Å². The number of amides is 1. The van der Waals surface area contributed by atoms with E-state index in [0.29, 0.717) is 11.1 Å².